The number of nitrogens with two attached hydrogens (primary N) is 1. The Kier molecular flexibility index (Phi) is 5.37. The van der Waals surface area contributed by atoms with Gasteiger partial charge in [-0.1, -0.05) is 0 Å². The van der Waals surface area contributed by atoms with Crippen molar-refractivity contribution in [2.45, 2.75) is 24.0 Å². The third-order valence-electron chi connectivity index (χ3n) is 2.74. The fourth-order valence-corrected chi connectivity index (χ4v) is 4.18. The van der Waals surface area contributed by atoms with Crippen molar-refractivity contribution in [3.05, 3.63) is 18.2 Å². The number of nitrogen functional groups attached to an aromatic ring is 1. The van der Waals surface area contributed by atoms with Crippen molar-refractivity contribution in [1.29, 1.82) is 0 Å². The molecular formula is C12H19NO4S2. The smallest absolute Gasteiger partial charge is 0.153 e. The number of hydrogen-bond acceptors (Lipinski definition) is 5. The lowest BCUT2D eigenvalue weighted by Gasteiger charge is -2.10. The van der Waals surface area contributed by atoms with E-state index in [1.165, 1.54) is 7.11 Å². The molecule has 0 fully saturated rings. The van der Waals surface area contributed by atoms with Crippen LogP contribution in [-0.4, -0.2) is 36.5 Å². The molecule has 0 aliphatic heterocycles. The van der Waals surface area contributed by atoms with E-state index >= 15 is 0 Å². The number of rotatable bonds is 6. The van der Waals surface area contributed by atoms with Crippen LogP contribution < -0.4 is 10.5 Å². The molecule has 0 saturated carbocycles. The van der Waals surface area contributed by atoms with Gasteiger partial charge in [0.2, 0.25) is 0 Å². The minimum atomic E-state index is -3.19. The summed E-state index contributed by atoms with van der Waals surface area (Å²) >= 11 is 0. The predicted octanol–water partition coefficient (Wildman–Crippen LogP) is 1.21. The summed E-state index contributed by atoms with van der Waals surface area (Å²) in [6.45, 7) is 3.22. The van der Waals surface area contributed by atoms with Gasteiger partial charge in [0, 0.05) is 11.4 Å². The summed E-state index contributed by atoms with van der Waals surface area (Å²) < 4.78 is 40.5. The molecule has 0 aromatic heterocycles. The Balaban J connectivity index is 2.85. The van der Waals surface area contributed by atoms with E-state index in [0.717, 1.165) is 0 Å². The second-order valence-corrected chi connectivity index (χ2v) is 8.59. The van der Waals surface area contributed by atoms with Crippen molar-refractivity contribution in [3.8, 4) is 5.75 Å². The quantitative estimate of drug-likeness (QED) is 0.798. The van der Waals surface area contributed by atoms with Crippen LogP contribution in [0.3, 0.4) is 0 Å². The lowest BCUT2D eigenvalue weighted by molar-refractivity contribution is 0.413. The number of ether oxygens (including phenoxy) is 1. The van der Waals surface area contributed by atoms with E-state index in [9.17, 15) is 12.6 Å². The maximum absolute atomic E-state index is 12.1. The fourth-order valence-electron chi connectivity index (χ4n) is 1.38. The second-order valence-electron chi connectivity index (χ2n) is 4.37. The molecule has 0 amide bonds. The van der Waals surface area contributed by atoms with E-state index in [2.05, 4.69) is 0 Å². The van der Waals surface area contributed by atoms with Crippen molar-refractivity contribution in [1.82, 2.24) is 0 Å². The minimum Gasteiger partial charge on any atom is -0.497 e. The molecule has 1 rings (SSSR count). The lowest BCUT2D eigenvalue weighted by Crippen LogP contribution is -2.21. The summed E-state index contributed by atoms with van der Waals surface area (Å²) in [4.78, 5) is 0.415. The highest BCUT2D eigenvalue weighted by molar-refractivity contribution is 7.93. The Bertz CT molecular complexity index is 567. The molecule has 19 heavy (non-hydrogen) atoms. The molecule has 0 radical (unpaired) electrons. The largest absolute Gasteiger partial charge is 0.497 e. The topological polar surface area (TPSA) is 86.5 Å². The summed E-state index contributed by atoms with van der Waals surface area (Å²) in [7, 11) is -3.15. The van der Waals surface area contributed by atoms with Crippen LogP contribution in [0.1, 0.15) is 13.8 Å². The zero-order valence-corrected chi connectivity index (χ0v) is 12.9. The number of hydrogen-bond donors (Lipinski definition) is 1. The molecule has 7 heteroatoms. The van der Waals surface area contributed by atoms with Crippen LogP contribution in [0.2, 0.25) is 0 Å². The number of benzene rings is 1. The number of sulfone groups is 1. The normalized spacial score (nSPS) is 13.5. The molecule has 1 unspecified atom stereocenters. The van der Waals surface area contributed by atoms with Gasteiger partial charge in [0.15, 0.2) is 9.84 Å². The molecule has 0 bridgehead atoms. The van der Waals surface area contributed by atoms with Gasteiger partial charge in [-0.2, -0.15) is 0 Å². The second kappa shape index (κ2) is 6.38. The maximum Gasteiger partial charge on any atom is 0.153 e. The van der Waals surface area contributed by atoms with E-state index in [-0.39, 0.29) is 11.5 Å². The summed E-state index contributed by atoms with van der Waals surface area (Å²) in [5.74, 6) is 0.468. The highest BCUT2D eigenvalue weighted by Crippen LogP contribution is 2.23. The zero-order valence-electron chi connectivity index (χ0n) is 11.3. The van der Waals surface area contributed by atoms with E-state index < -0.39 is 25.9 Å². The van der Waals surface area contributed by atoms with Crippen LogP contribution in [0.25, 0.3) is 0 Å². The molecule has 1 aromatic rings. The van der Waals surface area contributed by atoms with Gasteiger partial charge in [0.05, 0.1) is 33.8 Å². The Morgan fingerprint density at radius 1 is 1.37 bits per heavy atom. The van der Waals surface area contributed by atoms with Crippen LogP contribution in [0, 0.1) is 0 Å². The molecule has 0 aliphatic rings. The molecule has 0 aliphatic carbocycles. The van der Waals surface area contributed by atoms with Gasteiger partial charge < -0.3 is 10.5 Å². The molecule has 108 valence electrons. The summed E-state index contributed by atoms with van der Waals surface area (Å²) in [6, 6.07) is 4.84. The van der Waals surface area contributed by atoms with Crippen LogP contribution in [0.5, 0.6) is 5.75 Å². The van der Waals surface area contributed by atoms with Gasteiger partial charge in [0.25, 0.3) is 0 Å². The van der Waals surface area contributed by atoms with E-state index in [4.69, 9.17) is 10.5 Å². The fraction of sp³-hybridized carbons (Fsp3) is 0.500. The zero-order chi connectivity index (χ0) is 14.6. The molecule has 1 aromatic carbocycles. The van der Waals surface area contributed by atoms with Crippen molar-refractivity contribution in [3.63, 3.8) is 0 Å². The number of methoxy groups -OCH3 is 1. The van der Waals surface area contributed by atoms with Gasteiger partial charge in [-0.25, -0.2) is 8.42 Å². The number of anilines is 1. The first-order valence-electron chi connectivity index (χ1n) is 5.81. The first-order chi connectivity index (χ1) is 8.77. The van der Waals surface area contributed by atoms with Crippen LogP contribution in [0.4, 0.5) is 5.69 Å². The van der Waals surface area contributed by atoms with Gasteiger partial charge >= 0.3 is 0 Å². The predicted molar refractivity (Wildman–Crippen MR) is 77.6 cm³/mol. The monoisotopic (exact) mass is 305 g/mol. The molecule has 0 heterocycles. The summed E-state index contributed by atoms with van der Waals surface area (Å²) in [5, 5.41) is -0.466. The van der Waals surface area contributed by atoms with Gasteiger partial charge in [0.1, 0.15) is 5.75 Å². The van der Waals surface area contributed by atoms with Crippen molar-refractivity contribution in [2.75, 3.05) is 24.3 Å². The third-order valence-corrected chi connectivity index (χ3v) is 6.62. The molecule has 1 atom stereocenters. The highest BCUT2D eigenvalue weighted by Gasteiger charge is 2.19. The Hall–Kier alpha value is -1.08. The molecule has 2 N–H and O–H groups in total. The standard InChI is InChI=1S/C12H19NO4S2/c1-9(2)19(15,16)7-6-18(14)12-8-10(17-3)4-5-11(12)13/h4-5,8-9H,6-7,13H2,1-3H3. The Labute approximate surface area is 116 Å². The maximum atomic E-state index is 12.1. The molecule has 0 saturated heterocycles. The van der Waals surface area contributed by atoms with Crippen LogP contribution in [-0.2, 0) is 20.6 Å². The average Bonchev–Trinajstić information content (AvgIpc) is 2.36. The first kappa shape index (κ1) is 16.0. The van der Waals surface area contributed by atoms with Crippen LogP contribution >= 0.6 is 0 Å². The van der Waals surface area contributed by atoms with E-state index in [1.54, 1.807) is 32.0 Å². The first-order valence-corrected chi connectivity index (χ1v) is 8.85. The summed E-state index contributed by atoms with van der Waals surface area (Å²) in [5.41, 5.74) is 6.12. The van der Waals surface area contributed by atoms with E-state index in [1.807, 2.05) is 0 Å². The van der Waals surface area contributed by atoms with Gasteiger partial charge in [-0.3, -0.25) is 4.21 Å². The van der Waals surface area contributed by atoms with Crippen LogP contribution in [0.15, 0.2) is 23.1 Å². The molecule has 0 spiro atoms. The van der Waals surface area contributed by atoms with Crippen molar-refractivity contribution < 1.29 is 17.4 Å². The van der Waals surface area contributed by atoms with Gasteiger partial charge in [-0.15, -0.1) is 0 Å². The summed E-state index contributed by atoms with van der Waals surface area (Å²) in [6.07, 6.45) is 0. The third kappa shape index (κ3) is 4.21. The molecule has 5 nitrogen and oxygen atoms in total. The Morgan fingerprint density at radius 2 is 2.00 bits per heavy atom. The lowest BCUT2D eigenvalue weighted by atomic mass is 10.3. The van der Waals surface area contributed by atoms with Crippen molar-refractivity contribution in [2.24, 2.45) is 0 Å². The minimum absolute atomic E-state index is 0.0396. The van der Waals surface area contributed by atoms with Crippen molar-refractivity contribution >= 4 is 26.3 Å². The molecular weight excluding hydrogens is 286 g/mol. The highest BCUT2D eigenvalue weighted by atomic mass is 32.2. The SMILES string of the molecule is COc1ccc(N)c(S(=O)CCS(=O)(=O)C(C)C)c1. The Morgan fingerprint density at radius 3 is 2.53 bits per heavy atom. The van der Waals surface area contributed by atoms with Gasteiger partial charge in [-0.05, 0) is 32.0 Å². The average molecular weight is 305 g/mol. The van der Waals surface area contributed by atoms with E-state index in [0.29, 0.717) is 16.3 Å².